The molecule has 0 atom stereocenters. The van der Waals surface area contributed by atoms with Crippen molar-refractivity contribution in [2.45, 2.75) is 60.8 Å². The second-order valence-corrected chi connectivity index (χ2v) is 10.6. The predicted octanol–water partition coefficient (Wildman–Crippen LogP) is 3.60. The molecule has 0 aromatic carbocycles. The van der Waals surface area contributed by atoms with E-state index in [1.54, 1.807) is 0 Å². The quantitative estimate of drug-likeness (QED) is 0.474. The van der Waals surface area contributed by atoms with Crippen LogP contribution in [0, 0.1) is 0 Å². The minimum atomic E-state index is 0.962. The molecule has 2 heteroatoms. The monoisotopic (exact) mass is 302 g/mol. The molecule has 0 aliphatic carbocycles. The molecule has 74 valence electrons. The van der Waals surface area contributed by atoms with E-state index in [0.717, 1.165) is 33.6 Å². The van der Waals surface area contributed by atoms with Crippen LogP contribution in [0.1, 0.15) is 46.5 Å². The van der Waals surface area contributed by atoms with Crippen molar-refractivity contribution < 1.29 is 0 Å². The van der Waals surface area contributed by atoms with Crippen LogP contribution >= 0.6 is 0 Å². The third kappa shape index (κ3) is 9.13. The molecule has 0 bridgehead atoms. The van der Waals surface area contributed by atoms with E-state index in [1.807, 2.05) is 0 Å². The third-order valence-electron chi connectivity index (χ3n) is 1.70. The molecular weight excluding hydrogens is 278 g/mol. The van der Waals surface area contributed by atoms with Crippen molar-refractivity contribution in [2.75, 3.05) is 0 Å². The topological polar surface area (TPSA) is 0 Å². The zero-order valence-corrected chi connectivity index (χ0v) is 12.1. The first-order valence-corrected chi connectivity index (χ1v) is 9.44. The van der Waals surface area contributed by atoms with Gasteiger partial charge in [0.05, 0.1) is 0 Å². The van der Waals surface area contributed by atoms with Crippen molar-refractivity contribution in [2.24, 2.45) is 0 Å². The maximum absolute atomic E-state index is 2.46. The standard InChI is InChI=1S/C10H22Se2/c1-4-6-8-11-10(3)12-9-7-5-2/h10H,4-9H2,1-3H3. The van der Waals surface area contributed by atoms with Crippen molar-refractivity contribution in [1.82, 2.24) is 0 Å². The average Bonchev–Trinajstić information content (AvgIpc) is 2.06. The normalized spacial score (nSPS) is 11.0. The summed E-state index contributed by atoms with van der Waals surface area (Å²) in [5.41, 5.74) is 0. The molecule has 0 saturated heterocycles. The Hall–Kier alpha value is 1.04. The van der Waals surface area contributed by atoms with Gasteiger partial charge in [-0.05, 0) is 0 Å². The van der Waals surface area contributed by atoms with Gasteiger partial charge in [-0.25, -0.2) is 0 Å². The molecule has 0 saturated carbocycles. The van der Waals surface area contributed by atoms with Crippen molar-refractivity contribution in [1.29, 1.82) is 0 Å². The average molecular weight is 300 g/mol. The Kier molecular flexibility index (Phi) is 11.0. The van der Waals surface area contributed by atoms with Crippen molar-refractivity contribution in [3.63, 3.8) is 0 Å². The number of hydrogen-bond donors (Lipinski definition) is 0. The van der Waals surface area contributed by atoms with Gasteiger partial charge in [0.1, 0.15) is 0 Å². The Morgan fingerprint density at radius 2 is 1.33 bits per heavy atom. The summed E-state index contributed by atoms with van der Waals surface area (Å²) in [5, 5.41) is 3.05. The second-order valence-electron chi connectivity index (χ2n) is 3.02. The van der Waals surface area contributed by atoms with Crippen LogP contribution in [0.3, 0.4) is 0 Å². The molecule has 0 nitrogen and oxygen atoms in total. The molecule has 0 N–H and O–H groups in total. The molecule has 0 amide bonds. The molecule has 0 heterocycles. The Morgan fingerprint density at radius 3 is 1.67 bits per heavy atom. The van der Waals surface area contributed by atoms with Crippen LogP contribution in [-0.2, 0) is 0 Å². The Labute approximate surface area is 90.6 Å². The number of hydrogen-bond acceptors (Lipinski definition) is 0. The van der Waals surface area contributed by atoms with Gasteiger partial charge in [-0.1, -0.05) is 0 Å². The number of rotatable bonds is 8. The third-order valence-corrected chi connectivity index (χ3v) is 8.84. The van der Waals surface area contributed by atoms with Gasteiger partial charge >= 0.3 is 90.7 Å². The summed E-state index contributed by atoms with van der Waals surface area (Å²) in [6.07, 6.45) is 5.70. The first kappa shape index (κ1) is 13.0. The molecule has 0 unspecified atom stereocenters. The first-order chi connectivity index (χ1) is 5.81. The van der Waals surface area contributed by atoms with E-state index in [1.165, 1.54) is 36.3 Å². The molecule has 0 aromatic rings. The van der Waals surface area contributed by atoms with Gasteiger partial charge in [-0.3, -0.25) is 0 Å². The first-order valence-electron chi connectivity index (χ1n) is 5.04. The molecule has 0 rings (SSSR count). The van der Waals surface area contributed by atoms with Gasteiger partial charge in [0, 0.05) is 0 Å². The summed E-state index contributed by atoms with van der Waals surface area (Å²) >= 11 is 1.92. The summed E-state index contributed by atoms with van der Waals surface area (Å²) in [6.45, 7) is 7.05. The molecule has 0 radical (unpaired) electrons. The number of unbranched alkanes of at least 4 members (excludes halogenated alkanes) is 2. The summed E-state index contributed by atoms with van der Waals surface area (Å²) in [4.78, 5) is 0. The summed E-state index contributed by atoms with van der Waals surface area (Å²) in [6, 6.07) is 0. The fourth-order valence-corrected chi connectivity index (χ4v) is 7.49. The predicted molar refractivity (Wildman–Crippen MR) is 60.4 cm³/mol. The Morgan fingerprint density at radius 1 is 0.917 bits per heavy atom. The molecule has 0 spiro atoms. The van der Waals surface area contributed by atoms with E-state index in [-0.39, 0.29) is 0 Å². The molecule has 0 fully saturated rings. The van der Waals surface area contributed by atoms with E-state index >= 15 is 0 Å². The molecule has 12 heavy (non-hydrogen) atoms. The van der Waals surface area contributed by atoms with E-state index in [9.17, 15) is 0 Å². The van der Waals surface area contributed by atoms with Crippen molar-refractivity contribution in [3.05, 3.63) is 0 Å². The van der Waals surface area contributed by atoms with Crippen LogP contribution in [0.2, 0.25) is 14.4 Å². The fourth-order valence-electron chi connectivity index (χ4n) is 0.835. The van der Waals surface area contributed by atoms with Gasteiger partial charge in [0.25, 0.3) is 0 Å². The van der Waals surface area contributed by atoms with E-state index in [4.69, 9.17) is 0 Å². The fraction of sp³-hybridized carbons (Fsp3) is 1.00. The van der Waals surface area contributed by atoms with Crippen LogP contribution in [0.25, 0.3) is 0 Å². The van der Waals surface area contributed by atoms with Crippen LogP contribution in [0.4, 0.5) is 0 Å². The summed E-state index contributed by atoms with van der Waals surface area (Å²) in [7, 11) is 0. The second kappa shape index (κ2) is 10.1. The van der Waals surface area contributed by atoms with E-state index < -0.39 is 0 Å². The zero-order chi connectivity index (χ0) is 9.23. The molecular formula is C10H22Se2. The van der Waals surface area contributed by atoms with E-state index in [0.29, 0.717) is 0 Å². The van der Waals surface area contributed by atoms with Gasteiger partial charge in [-0.15, -0.1) is 0 Å². The van der Waals surface area contributed by atoms with Gasteiger partial charge in [-0.2, -0.15) is 0 Å². The van der Waals surface area contributed by atoms with Crippen molar-refractivity contribution in [3.8, 4) is 0 Å². The molecule has 0 aliphatic rings. The Bertz CT molecular complexity index is 73.9. The van der Waals surface area contributed by atoms with Crippen LogP contribution < -0.4 is 0 Å². The van der Waals surface area contributed by atoms with Crippen LogP contribution in [0.5, 0.6) is 0 Å². The van der Waals surface area contributed by atoms with Gasteiger partial charge in [0.15, 0.2) is 0 Å². The SMILES string of the molecule is CCCC[Se]C(C)[Se]CCCC. The molecule has 0 aromatic heterocycles. The maximum atomic E-state index is 2.46. The van der Waals surface area contributed by atoms with Crippen molar-refractivity contribution >= 4 is 29.9 Å². The molecule has 0 aliphatic heterocycles. The minimum absolute atomic E-state index is 0.962. The van der Waals surface area contributed by atoms with Crippen LogP contribution in [0.15, 0.2) is 0 Å². The van der Waals surface area contributed by atoms with Gasteiger partial charge < -0.3 is 0 Å². The Balaban J connectivity index is 3.04. The van der Waals surface area contributed by atoms with E-state index in [2.05, 4.69) is 20.8 Å². The summed E-state index contributed by atoms with van der Waals surface area (Å²) < 4.78 is 1.10. The summed E-state index contributed by atoms with van der Waals surface area (Å²) in [5.74, 6) is 0. The zero-order valence-electron chi connectivity index (χ0n) is 8.64. The van der Waals surface area contributed by atoms with Gasteiger partial charge in [0.2, 0.25) is 0 Å². The van der Waals surface area contributed by atoms with Crippen LogP contribution in [-0.4, -0.2) is 29.9 Å².